The summed E-state index contributed by atoms with van der Waals surface area (Å²) in [6.07, 6.45) is 3.73. The van der Waals surface area contributed by atoms with E-state index >= 15 is 0 Å². The average molecular weight is 399 g/mol. The zero-order valence-electron chi connectivity index (χ0n) is 16.5. The molecule has 3 heterocycles. The molecule has 29 heavy (non-hydrogen) atoms. The molecule has 0 spiro atoms. The maximum atomic E-state index is 4.71. The van der Waals surface area contributed by atoms with E-state index in [1.165, 1.54) is 0 Å². The number of rotatable bonds is 6. The predicted molar refractivity (Wildman–Crippen MR) is 120 cm³/mol. The second-order valence-corrected chi connectivity index (χ2v) is 7.79. The number of thiazole rings is 1. The summed E-state index contributed by atoms with van der Waals surface area (Å²) in [6.45, 7) is 8.89. The zero-order chi connectivity index (χ0) is 20.2. The largest absolute Gasteiger partial charge is 0.379 e. The summed E-state index contributed by atoms with van der Waals surface area (Å²) < 4.78 is 0. The van der Waals surface area contributed by atoms with E-state index in [0.717, 1.165) is 50.0 Å². The molecule has 5 heteroatoms. The van der Waals surface area contributed by atoms with E-state index in [2.05, 4.69) is 58.4 Å². The maximum Gasteiger partial charge on any atom is 0.139 e. The van der Waals surface area contributed by atoms with Gasteiger partial charge < -0.3 is 5.32 Å². The van der Waals surface area contributed by atoms with Crippen LogP contribution in [0.1, 0.15) is 21.8 Å². The van der Waals surface area contributed by atoms with Crippen LogP contribution in [-0.2, 0) is 6.54 Å². The third-order valence-corrected chi connectivity index (χ3v) is 5.54. The highest BCUT2D eigenvalue weighted by atomic mass is 32.1. The van der Waals surface area contributed by atoms with Gasteiger partial charge in [0.05, 0.1) is 17.1 Å². The lowest BCUT2D eigenvalue weighted by Gasteiger charge is -2.10. The molecule has 0 saturated carbocycles. The molecule has 4 nitrogen and oxygen atoms in total. The lowest BCUT2D eigenvalue weighted by Crippen LogP contribution is -2.11. The van der Waals surface area contributed by atoms with Gasteiger partial charge in [-0.1, -0.05) is 43.0 Å². The summed E-state index contributed by atoms with van der Waals surface area (Å²) in [6, 6.07) is 16.4. The topological polar surface area (TPSA) is 50.7 Å². The summed E-state index contributed by atoms with van der Waals surface area (Å²) >= 11 is 1.60. The first-order valence-electron chi connectivity index (χ1n) is 9.43. The van der Waals surface area contributed by atoms with Gasteiger partial charge in [0, 0.05) is 41.1 Å². The van der Waals surface area contributed by atoms with Gasteiger partial charge in [0.2, 0.25) is 0 Å². The molecule has 1 N–H and O–H groups in total. The molecule has 0 bridgehead atoms. The summed E-state index contributed by atoms with van der Waals surface area (Å²) in [5.74, 6) is 0. The Bertz CT molecular complexity index is 1150. The van der Waals surface area contributed by atoms with Gasteiger partial charge in [-0.25, -0.2) is 4.98 Å². The number of nitrogens with zero attached hydrogens (tertiary/aromatic N) is 3. The van der Waals surface area contributed by atoms with Crippen molar-refractivity contribution in [3.63, 3.8) is 0 Å². The van der Waals surface area contributed by atoms with Crippen molar-refractivity contribution in [2.45, 2.75) is 20.4 Å². The van der Waals surface area contributed by atoms with Crippen molar-refractivity contribution in [2.75, 3.05) is 0 Å². The van der Waals surface area contributed by atoms with Crippen LogP contribution in [0.2, 0.25) is 0 Å². The van der Waals surface area contributed by atoms with Crippen molar-refractivity contribution in [3.8, 4) is 22.5 Å². The van der Waals surface area contributed by atoms with Crippen LogP contribution in [0.25, 0.3) is 28.2 Å². The van der Waals surface area contributed by atoms with Crippen LogP contribution < -0.4 is 5.32 Å². The summed E-state index contributed by atoms with van der Waals surface area (Å²) in [4.78, 5) is 13.6. The van der Waals surface area contributed by atoms with Gasteiger partial charge in [0.15, 0.2) is 0 Å². The molecule has 0 aliphatic carbocycles. The normalized spacial score (nSPS) is 10.7. The molecular weight excluding hydrogens is 376 g/mol. The Balaban J connectivity index is 1.43. The van der Waals surface area contributed by atoms with Crippen molar-refractivity contribution in [1.29, 1.82) is 0 Å². The molecule has 0 radical (unpaired) electrons. The van der Waals surface area contributed by atoms with Gasteiger partial charge in [-0.3, -0.25) is 9.97 Å². The van der Waals surface area contributed by atoms with Crippen molar-refractivity contribution in [1.82, 2.24) is 20.3 Å². The molecule has 144 valence electrons. The summed E-state index contributed by atoms with van der Waals surface area (Å²) in [5, 5.41) is 6.34. The Morgan fingerprint density at radius 1 is 1.03 bits per heavy atom. The Morgan fingerprint density at radius 2 is 1.86 bits per heavy atom. The quantitative estimate of drug-likeness (QED) is 0.456. The van der Waals surface area contributed by atoms with Crippen LogP contribution in [0.4, 0.5) is 0 Å². The first-order chi connectivity index (χ1) is 14.1. The highest BCUT2D eigenvalue weighted by Gasteiger charge is 2.09. The monoisotopic (exact) mass is 398 g/mol. The van der Waals surface area contributed by atoms with Gasteiger partial charge in [-0.2, -0.15) is 0 Å². The van der Waals surface area contributed by atoms with E-state index < -0.39 is 0 Å². The second-order valence-electron chi connectivity index (χ2n) is 6.93. The minimum Gasteiger partial charge on any atom is -0.379 e. The van der Waals surface area contributed by atoms with E-state index in [1.807, 2.05) is 43.6 Å². The number of hydrogen-bond donors (Lipinski definition) is 1. The minimum absolute atomic E-state index is 0.655. The summed E-state index contributed by atoms with van der Waals surface area (Å²) in [5.41, 5.74) is 8.24. The maximum absolute atomic E-state index is 4.71. The zero-order valence-corrected chi connectivity index (χ0v) is 17.3. The molecule has 0 aliphatic heterocycles. The van der Waals surface area contributed by atoms with E-state index in [1.54, 1.807) is 11.3 Å². The van der Waals surface area contributed by atoms with Gasteiger partial charge in [-0.15, -0.1) is 11.3 Å². The fraction of sp³-hybridized carbons (Fsp3) is 0.125. The standard InChI is InChI=1S/C24H22N4S/c1-16-11-19(14-27-23(16)21-9-10-25-17(2)12-21)13-26-18(3)24-28-22(15-29-24)20-7-5-4-6-8-20/h4-12,14-15,26H,3,13H2,1-2H3. The molecule has 4 aromatic rings. The van der Waals surface area contributed by atoms with E-state index in [4.69, 9.17) is 4.98 Å². The Hall–Kier alpha value is -3.31. The van der Waals surface area contributed by atoms with Crippen LogP contribution in [0.5, 0.6) is 0 Å². The SMILES string of the molecule is C=C(NCc1cnc(-c2ccnc(C)c2)c(C)c1)c1nc(-c2ccccc2)cs1. The molecule has 0 aliphatic rings. The number of nitrogens with one attached hydrogen (secondary N) is 1. The van der Waals surface area contributed by atoms with Crippen molar-refractivity contribution < 1.29 is 0 Å². The molecule has 1 aromatic carbocycles. The molecule has 0 fully saturated rings. The predicted octanol–water partition coefficient (Wildman–Crippen LogP) is 5.64. The fourth-order valence-corrected chi connectivity index (χ4v) is 3.94. The number of pyridine rings is 2. The van der Waals surface area contributed by atoms with Gasteiger partial charge in [0.25, 0.3) is 0 Å². The van der Waals surface area contributed by atoms with Crippen LogP contribution in [0.15, 0.2) is 72.9 Å². The van der Waals surface area contributed by atoms with Crippen LogP contribution in [0, 0.1) is 13.8 Å². The molecule has 4 rings (SSSR count). The molecule has 3 aromatic heterocycles. The van der Waals surface area contributed by atoms with Gasteiger partial charge in [0.1, 0.15) is 5.01 Å². The molecular formula is C24H22N4S. The van der Waals surface area contributed by atoms with Gasteiger partial charge >= 0.3 is 0 Å². The number of aromatic nitrogens is 3. The van der Waals surface area contributed by atoms with Crippen molar-refractivity contribution in [3.05, 3.63) is 94.7 Å². The smallest absolute Gasteiger partial charge is 0.139 e. The van der Waals surface area contributed by atoms with Gasteiger partial charge in [-0.05, 0) is 37.1 Å². The molecule has 0 saturated heterocycles. The van der Waals surface area contributed by atoms with Crippen molar-refractivity contribution in [2.24, 2.45) is 0 Å². The van der Waals surface area contributed by atoms with E-state index in [0.29, 0.717) is 6.54 Å². The minimum atomic E-state index is 0.655. The highest BCUT2D eigenvalue weighted by Crippen LogP contribution is 2.25. The lowest BCUT2D eigenvalue weighted by atomic mass is 10.1. The van der Waals surface area contributed by atoms with Crippen LogP contribution in [0.3, 0.4) is 0 Å². The lowest BCUT2D eigenvalue weighted by molar-refractivity contribution is 0.881. The van der Waals surface area contributed by atoms with Crippen LogP contribution >= 0.6 is 11.3 Å². The Morgan fingerprint density at radius 3 is 2.62 bits per heavy atom. The third kappa shape index (κ3) is 4.41. The first-order valence-corrected chi connectivity index (χ1v) is 10.3. The number of aryl methyl sites for hydroxylation is 2. The fourth-order valence-electron chi connectivity index (χ4n) is 3.16. The Kier molecular flexibility index (Phi) is 5.49. The summed E-state index contributed by atoms with van der Waals surface area (Å²) in [7, 11) is 0. The third-order valence-electron chi connectivity index (χ3n) is 4.64. The Labute approximate surface area is 175 Å². The van der Waals surface area contributed by atoms with Crippen LogP contribution in [-0.4, -0.2) is 15.0 Å². The highest BCUT2D eigenvalue weighted by molar-refractivity contribution is 7.11. The molecule has 0 unspecified atom stereocenters. The number of hydrogen-bond acceptors (Lipinski definition) is 5. The van der Waals surface area contributed by atoms with Crippen molar-refractivity contribution >= 4 is 17.0 Å². The number of benzene rings is 1. The average Bonchev–Trinajstić information content (AvgIpc) is 3.23. The molecule has 0 amide bonds. The molecule has 0 atom stereocenters. The first kappa shape index (κ1) is 19.0. The van der Waals surface area contributed by atoms with E-state index in [9.17, 15) is 0 Å². The second kappa shape index (κ2) is 8.37. The van der Waals surface area contributed by atoms with E-state index in [-0.39, 0.29) is 0 Å².